The highest BCUT2D eigenvalue weighted by molar-refractivity contribution is 9.10. The zero-order chi connectivity index (χ0) is 21.6. The number of anilines is 1. The Labute approximate surface area is 192 Å². The summed E-state index contributed by atoms with van der Waals surface area (Å²) in [5.41, 5.74) is 0. The Kier molecular flexibility index (Phi) is 7.76. The van der Waals surface area contributed by atoms with Crippen LogP contribution in [-0.4, -0.2) is 31.6 Å². The summed E-state index contributed by atoms with van der Waals surface area (Å²) >= 11 is 15.2. The number of benzene rings is 2. The summed E-state index contributed by atoms with van der Waals surface area (Å²) in [4.78, 5) is 8.03. The molecular weight excluding hydrogens is 517 g/mol. The highest BCUT2D eigenvalue weighted by atomic mass is 79.9. The largest absolute Gasteiger partial charge is 0.493 e. The maximum Gasteiger partial charge on any atom is 0.264 e. The SMILES string of the molecule is O=S(=O)(Nc1ncc(Br)nc1OCCCOc1ccccc1)c1cccc(Cl)c1Cl. The van der Waals surface area contributed by atoms with E-state index in [1.54, 1.807) is 0 Å². The lowest BCUT2D eigenvalue weighted by atomic mass is 10.3. The van der Waals surface area contributed by atoms with Crippen LogP contribution in [0.25, 0.3) is 0 Å². The van der Waals surface area contributed by atoms with Gasteiger partial charge in [0.25, 0.3) is 15.9 Å². The highest BCUT2D eigenvalue weighted by Crippen LogP contribution is 2.31. The lowest BCUT2D eigenvalue weighted by Gasteiger charge is -2.13. The summed E-state index contributed by atoms with van der Waals surface area (Å²) in [6, 6.07) is 13.7. The lowest BCUT2D eigenvalue weighted by molar-refractivity contribution is 0.242. The van der Waals surface area contributed by atoms with Crippen molar-refractivity contribution in [2.75, 3.05) is 17.9 Å². The molecule has 0 fully saturated rings. The first-order valence-electron chi connectivity index (χ1n) is 8.67. The molecule has 1 aromatic heterocycles. The molecule has 0 saturated heterocycles. The lowest BCUT2D eigenvalue weighted by Crippen LogP contribution is -2.16. The second-order valence-electron chi connectivity index (χ2n) is 5.87. The van der Waals surface area contributed by atoms with E-state index in [0.29, 0.717) is 17.6 Å². The molecule has 1 heterocycles. The minimum absolute atomic E-state index is 0.0193. The van der Waals surface area contributed by atoms with Crippen LogP contribution < -0.4 is 14.2 Å². The van der Waals surface area contributed by atoms with Crippen molar-refractivity contribution in [1.82, 2.24) is 9.97 Å². The molecule has 0 amide bonds. The summed E-state index contributed by atoms with van der Waals surface area (Å²) in [5, 5.41) is 0.0357. The van der Waals surface area contributed by atoms with E-state index in [2.05, 4.69) is 30.6 Å². The quantitative estimate of drug-likeness (QED) is 0.381. The minimum atomic E-state index is -4.06. The zero-order valence-corrected chi connectivity index (χ0v) is 19.3. The van der Waals surface area contributed by atoms with Crippen molar-refractivity contribution >= 4 is 55.0 Å². The third-order valence-electron chi connectivity index (χ3n) is 3.69. The number of ether oxygens (including phenoxy) is 2. The second kappa shape index (κ2) is 10.3. The van der Waals surface area contributed by atoms with Crippen molar-refractivity contribution in [3.63, 3.8) is 0 Å². The molecule has 0 spiro atoms. The van der Waals surface area contributed by atoms with E-state index < -0.39 is 10.0 Å². The van der Waals surface area contributed by atoms with Gasteiger partial charge < -0.3 is 9.47 Å². The molecule has 158 valence electrons. The molecule has 0 bridgehead atoms. The van der Waals surface area contributed by atoms with Crippen LogP contribution in [0.1, 0.15) is 6.42 Å². The van der Waals surface area contributed by atoms with Gasteiger partial charge in [-0.3, -0.25) is 4.72 Å². The van der Waals surface area contributed by atoms with Crippen LogP contribution in [-0.2, 0) is 10.0 Å². The average molecular weight is 533 g/mol. The Hall–Kier alpha value is -2.07. The predicted octanol–water partition coefficient (Wildman–Crippen LogP) is 5.19. The van der Waals surface area contributed by atoms with Gasteiger partial charge in [-0.2, -0.15) is 0 Å². The third-order valence-corrected chi connectivity index (χ3v) is 6.38. The Balaban J connectivity index is 1.67. The number of hydrogen-bond acceptors (Lipinski definition) is 6. The maximum absolute atomic E-state index is 12.7. The fourth-order valence-corrected chi connectivity index (χ4v) is 4.36. The molecule has 11 heteroatoms. The molecule has 0 saturated carbocycles. The van der Waals surface area contributed by atoms with Crippen LogP contribution in [0.4, 0.5) is 5.82 Å². The Morgan fingerprint density at radius 1 is 1.00 bits per heavy atom. The van der Waals surface area contributed by atoms with Gasteiger partial charge in [0.1, 0.15) is 15.2 Å². The van der Waals surface area contributed by atoms with Gasteiger partial charge in [-0.25, -0.2) is 18.4 Å². The van der Waals surface area contributed by atoms with Crippen molar-refractivity contribution in [1.29, 1.82) is 0 Å². The van der Waals surface area contributed by atoms with E-state index in [4.69, 9.17) is 32.7 Å². The number of nitrogens with zero attached hydrogens (tertiary/aromatic N) is 2. The van der Waals surface area contributed by atoms with Gasteiger partial charge in [-0.05, 0) is 40.2 Å². The van der Waals surface area contributed by atoms with Crippen LogP contribution in [0, 0.1) is 0 Å². The minimum Gasteiger partial charge on any atom is -0.493 e. The monoisotopic (exact) mass is 531 g/mol. The molecule has 1 N–H and O–H groups in total. The number of hydrogen-bond donors (Lipinski definition) is 1. The summed E-state index contributed by atoms with van der Waals surface area (Å²) in [6.07, 6.45) is 1.90. The number of nitrogens with one attached hydrogen (secondary N) is 1. The summed E-state index contributed by atoms with van der Waals surface area (Å²) in [6.45, 7) is 0.662. The first-order chi connectivity index (χ1) is 14.4. The molecule has 0 unspecified atom stereocenters. The van der Waals surface area contributed by atoms with Gasteiger partial charge in [0.05, 0.1) is 29.5 Å². The summed E-state index contributed by atoms with van der Waals surface area (Å²) in [5.74, 6) is 0.704. The Morgan fingerprint density at radius 2 is 1.73 bits per heavy atom. The number of para-hydroxylation sites is 1. The van der Waals surface area contributed by atoms with Crippen molar-refractivity contribution in [3.8, 4) is 11.6 Å². The fraction of sp³-hybridized carbons (Fsp3) is 0.158. The molecule has 0 atom stereocenters. The van der Waals surface area contributed by atoms with Crippen molar-refractivity contribution in [2.45, 2.75) is 11.3 Å². The van der Waals surface area contributed by atoms with Gasteiger partial charge in [-0.15, -0.1) is 0 Å². The Morgan fingerprint density at radius 3 is 2.50 bits per heavy atom. The third kappa shape index (κ3) is 5.98. The van der Waals surface area contributed by atoms with E-state index in [0.717, 1.165) is 5.75 Å². The first kappa shape index (κ1) is 22.6. The van der Waals surface area contributed by atoms with Crippen molar-refractivity contribution < 1.29 is 17.9 Å². The molecule has 0 aliphatic carbocycles. The molecule has 3 rings (SSSR count). The normalized spacial score (nSPS) is 11.2. The molecule has 0 aliphatic heterocycles. The van der Waals surface area contributed by atoms with Crippen molar-refractivity contribution in [2.24, 2.45) is 0 Å². The number of sulfonamides is 1. The standard InChI is InChI=1S/C19H16BrCl2N3O4S/c20-16-12-23-18(25-30(26,27)15-9-4-8-14(21)17(15)22)19(24-16)29-11-5-10-28-13-6-2-1-3-7-13/h1-4,6-9,12H,5,10-11H2,(H,23,25). The summed E-state index contributed by atoms with van der Waals surface area (Å²) in [7, 11) is -4.06. The van der Waals surface area contributed by atoms with E-state index in [9.17, 15) is 8.42 Å². The van der Waals surface area contributed by atoms with E-state index in [-0.39, 0.29) is 33.2 Å². The number of aromatic nitrogens is 2. The molecule has 0 aliphatic rings. The molecule has 2 aromatic carbocycles. The van der Waals surface area contributed by atoms with Gasteiger partial charge in [0.2, 0.25) is 5.82 Å². The molecule has 30 heavy (non-hydrogen) atoms. The molecule has 3 aromatic rings. The van der Waals surface area contributed by atoms with Crippen LogP contribution in [0.3, 0.4) is 0 Å². The van der Waals surface area contributed by atoms with E-state index >= 15 is 0 Å². The van der Waals surface area contributed by atoms with Gasteiger partial charge >= 0.3 is 0 Å². The fourth-order valence-electron chi connectivity index (χ4n) is 2.33. The van der Waals surface area contributed by atoms with Crippen LogP contribution in [0.5, 0.6) is 11.6 Å². The van der Waals surface area contributed by atoms with Crippen molar-refractivity contribution in [3.05, 3.63) is 69.4 Å². The van der Waals surface area contributed by atoms with Gasteiger partial charge in [-0.1, -0.05) is 47.5 Å². The van der Waals surface area contributed by atoms with Crippen LogP contribution in [0.15, 0.2) is 64.2 Å². The van der Waals surface area contributed by atoms with Crippen LogP contribution >= 0.6 is 39.1 Å². The molecular formula is C19H16BrCl2N3O4S. The number of rotatable bonds is 9. The molecule has 0 radical (unpaired) electrons. The predicted molar refractivity (Wildman–Crippen MR) is 119 cm³/mol. The number of halogens is 3. The first-order valence-corrected chi connectivity index (χ1v) is 11.7. The molecule has 7 nitrogen and oxygen atoms in total. The average Bonchev–Trinajstić information content (AvgIpc) is 2.72. The van der Waals surface area contributed by atoms with E-state index in [1.165, 1.54) is 24.4 Å². The van der Waals surface area contributed by atoms with E-state index in [1.807, 2.05) is 30.3 Å². The van der Waals surface area contributed by atoms with Gasteiger partial charge in [0.15, 0.2) is 0 Å². The Bertz CT molecular complexity index is 1120. The topological polar surface area (TPSA) is 90.4 Å². The summed E-state index contributed by atoms with van der Waals surface area (Å²) < 4.78 is 39.4. The van der Waals surface area contributed by atoms with Crippen LogP contribution in [0.2, 0.25) is 10.0 Å². The highest BCUT2D eigenvalue weighted by Gasteiger charge is 2.22. The smallest absolute Gasteiger partial charge is 0.264 e. The van der Waals surface area contributed by atoms with Gasteiger partial charge in [0, 0.05) is 6.42 Å². The maximum atomic E-state index is 12.7. The zero-order valence-electron chi connectivity index (χ0n) is 15.4. The second-order valence-corrected chi connectivity index (χ2v) is 9.12.